The lowest BCUT2D eigenvalue weighted by molar-refractivity contribution is -0.167. The zero-order valence-corrected chi connectivity index (χ0v) is 44.4. The summed E-state index contributed by atoms with van der Waals surface area (Å²) in [6.45, 7) is 6.53. The molecule has 6 nitrogen and oxygen atoms in total. The van der Waals surface area contributed by atoms with E-state index in [0.29, 0.717) is 19.3 Å². The van der Waals surface area contributed by atoms with Crippen LogP contribution in [0.5, 0.6) is 0 Å². The van der Waals surface area contributed by atoms with Crippen molar-refractivity contribution in [2.45, 2.75) is 297 Å². The highest BCUT2D eigenvalue weighted by Crippen LogP contribution is 2.16. The second kappa shape index (κ2) is 55.7. The van der Waals surface area contributed by atoms with Gasteiger partial charge in [-0.1, -0.05) is 268 Å². The molecule has 67 heavy (non-hydrogen) atoms. The molecule has 6 heteroatoms. The van der Waals surface area contributed by atoms with Crippen molar-refractivity contribution < 1.29 is 28.6 Å². The smallest absolute Gasteiger partial charge is 0.306 e. The van der Waals surface area contributed by atoms with Crippen molar-refractivity contribution in [1.82, 2.24) is 0 Å². The Bertz CT molecular complexity index is 1210. The van der Waals surface area contributed by atoms with Crippen LogP contribution in [0.3, 0.4) is 0 Å². The number of allylic oxidation sites excluding steroid dienone is 10. The first-order valence-electron chi connectivity index (χ1n) is 28.8. The van der Waals surface area contributed by atoms with E-state index in [0.717, 1.165) is 96.3 Å². The molecule has 0 N–H and O–H groups in total. The van der Waals surface area contributed by atoms with Crippen LogP contribution in [-0.2, 0) is 28.6 Å². The van der Waals surface area contributed by atoms with Gasteiger partial charge >= 0.3 is 17.9 Å². The van der Waals surface area contributed by atoms with Gasteiger partial charge in [-0.15, -0.1) is 0 Å². The minimum absolute atomic E-state index is 0.0719. The molecule has 0 aromatic heterocycles. The monoisotopic (exact) mass is 937 g/mol. The van der Waals surface area contributed by atoms with E-state index in [9.17, 15) is 14.4 Å². The van der Waals surface area contributed by atoms with E-state index in [1.165, 1.54) is 154 Å². The van der Waals surface area contributed by atoms with Crippen LogP contribution in [0.15, 0.2) is 60.8 Å². The fourth-order valence-electron chi connectivity index (χ4n) is 8.24. The molecule has 1 unspecified atom stereocenters. The zero-order valence-electron chi connectivity index (χ0n) is 44.4. The highest BCUT2D eigenvalue weighted by Gasteiger charge is 2.19. The normalized spacial score (nSPS) is 12.5. The third-order valence-electron chi connectivity index (χ3n) is 12.5. The lowest BCUT2D eigenvalue weighted by Crippen LogP contribution is -2.30. The van der Waals surface area contributed by atoms with E-state index >= 15 is 0 Å². The predicted octanol–water partition coefficient (Wildman–Crippen LogP) is 19.2. The Hall–Kier alpha value is -2.89. The van der Waals surface area contributed by atoms with E-state index in [-0.39, 0.29) is 31.1 Å². The van der Waals surface area contributed by atoms with Crippen molar-refractivity contribution >= 4 is 17.9 Å². The number of carbonyl (C=O) groups excluding carboxylic acids is 3. The topological polar surface area (TPSA) is 78.9 Å². The quantitative estimate of drug-likeness (QED) is 0.0262. The lowest BCUT2D eigenvalue weighted by Gasteiger charge is -2.18. The molecule has 0 aromatic carbocycles. The highest BCUT2D eigenvalue weighted by molar-refractivity contribution is 5.71. The van der Waals surface area contributed by atoms with E-state index in [1.54, 1.807) is 0 Å². The van der Waals surface area contributed by atoms with Crippen LogP contribution in [-0.4, -0.2) is 37.2 Å². The average Bonchev–Trinajstić information content (AvgIpc) is 3.33. The van der Waals surface area contributed by atoms with E-state index in [1.807, 2.05) is 0 Å². The fourth-order valence-corrected chi connectivity index (χ4v) is 8.24. The van der Waals surface area contributed by atoms with Gasteiger partial charge in [0.1, 0.15) is 13.2 Å². The second-order valence-corrected chi connectivity index (χ2v) is 19.2. The molecule has 0 fully saturated rings. The van der Waals surface area contributed by atoms with Gasteiger partial charge in [0.2, 0.25) is 0 Å². The Morgan fingerprint density at radius 3 is 0.910 bits per heavy atom. The molecule has 0 saturated carbocycles. The third-order valence-corrected chi connectivity index (χ3v) is 12.5. The minimum Gasteiger partial charge on any atom is -0.462 e. The molecule has 388 valence electrons. The Balaban J connectivity index is 4.22. The summed E-state index contributed by atoms with van der Waals surface area (Å²) >= 11 is 0. The number of hydrogen-bond acceptors (Lipinski definition) is 6. The van der Waals surface area contributed by atoms with Gasteiger partial charge in [-0.2, -0.15) is 0 Å². The summed E-state index contributed by atoms with van der Waals surface area (Å²) in [4.78, 5) is 38.0. The van der Waals surface area contributed by atoms with Crippen LogP contribution in [0.4, 0.5) is 0 Å². The van der Waals surface area contributed by atoms with E-state index in [2.05, 4.69) is 81.5 Å². The third kappa shape index (κ3) is 53.9. The Kier molecular flexibility index (Phi) is 53.3. The molecule has 0 amide bonds. The first kappa shape index (κ1) is 64.1. The number of hydrogen-bond donors (Lipinski definition) is 0. The van der Waals surface area contributed by atoms with Crippen LogP contribution in [0.1, 0.15) is 290 Å². The second-order valence-electron chi connectivity index (χ2n) is 19.2. The Labute approximate surface area is 415 Å². The molecule has 0 aromatic rings. The van der Waals surface area contributed by atoms with Crippen LogP contribution in [0.2, 0.25) is 0 Å². The summed E-state index contributed by atoms with van der Waals surface area (Å²) in [5, 5.41) is 0. The Morgan fingerprint density at radius 1 is 0.313 bits per heavy atom. The Morgan fingerprint density at radius 2 is 0.582 bits per heavy atom. The SMILES string of the molecule is CC/C=C\C/C=C\C/C=C\C/C=C\C/C=C\CCCCCCCCCCCC(=O)OCC(COC(=O)CCCCCCCCCCC)OC(=O)CCCCCCCCCCCCCCCCC. The molecule has 0 radical (unpaired) electrons. The molecule has 0 aliphatic rings. The fraction of sp³-hybridized carbons (Fsp3) is 0.787. The van der Waals surface area contributed by atoms with Crippen molar-refractivity contribution in [1.29, 1.82) is 0 Å². The first-order valence-corrected chi connectivity index (χ1v) is 28.8. The van der Waals surface area contributed by atoms with Crippen molar-refractivity contribution in [3.8, 4) is 0 Å². The number of carbonyl (C=O) groups is 3. The largest absolute Gasteiger partial charge is 0.462 e. The van der Waals surface area contributed by atoms with Crippen molar-refractivity contribution in [3.05, 3.63) is 60.8 Å². The molecule has 0 saturated heterocycles. The maximum absolute atomic E-state index is 12.8. The summed E-state index contributed by atoms with van der Waals surface area (Å²) in [7, 11) is 0. The summed E-state index contributed by atoms with van der Waals surface area (Å²) in [5.41, 5.74) is 0. The number of rotatable bonds is 52. The molecule has 0 aliphatic carbocycles. The molecule has 1 atom stereocenters. The van der Waals surface area contributed by atoms with Crippen LogP contribution in [0.25, 0.3) is 0 Å². The average molecular weight is 938 g/mol. The summed E-state index contributed by atoms with van der Waals surface area (Å²) in [5.74, 6) is -0.868. The molecule has 0 rings (SSSR count). The van der Waals surface area contributed by atoms with Gasteiger partial charge in [-0.05, 0) is 64.2 Å². The van der Waals surface area contributed by atoms with E-state index in [4.69, 9.17) is 14.2 Å². The minimum atomic E-state index is -0.771. The maximum atomic E-state index is 12.8. The van der Waals surface area contributed by atoms with Crippen molar-refractivity contribution in [2.75, 3.05) is 13.2 Å². The molecular weight excluding hydrogens is 829 g/mol. The summed E-state index contributed by atoms with van der Waals surface area (Å²) < 4.78 is 16.8. The summed E-state index contributed by atoms with van der Waals surface area (Å²) in [6, 6.07) is 0. The van der Waals surface area contributed by atoms with Gasteiger partial charge in [0.15, 0.2) is 6.10 Å². The van der Waals surface area contributed by atoms with Gasteiger partial charge < -0.3 is 14.2 Å². The van der Waals surface area contributed by atoms with Crippen LogP contribution >= 0.6 is 0 Å². The number of unbranched alkanes of at least 4 members (excludes halogenated alkanes) is 31. The van der Waals surface area contributed by atoms with Gasteiger partial charge in [0, 0.05) is 19.3 Å². The summed E-state index contributed by atoms with van der Waals surface area (Å²) in [6.07, 6.45) is 69.3. The molecule has 0 heterocycles. The van der Waals surface area contributed by atoms with Gasteiger partial charge in [0.05, 0.1) is 0 Å². The molecular formula is C61H108O6. The molecule has 0 bridgehead atoms. The van der Waals surface area contributed by atoms with Crippen LogP contribution < -0.4 is 0 Å². The predicted molar refractivity (Wildman–Crippen MR) is 288 cm³/mol. The highest BCUT2D eigenvalue weighted by atomic mass is 16.6. The van der Waals surface area contributed by atoms with Crippen molar-refractivity contribution in [2.24, 2.45) is 0 Å². The van der Waals surface area contributed by atoms with Gasteiger partial charge in [-0.25, -0.2) is 0 Å². The lowest BCUT2D eigenvalue weighted by atomic mass is 10.0. The first-order chi connectivity index (χ1) is 33.0. The van der Waals surface area contributed by atoms with Gasteiger partial charge in [0.25, 0.3) is 0 Å². The van der Waals surface area contributed by atoms with Gasteiger partial charge in [-0.3, -0.25) is 14.4 Å². The standard InChI is InChI=1S/C61H108O6/c1-4-7-10-13-16-19-21-23-25-26-27-28-29-30-31-32-33-34-36-37-39-42-45-48-51-54-60(63)66-57-58(56-65-59(62)53-50-47-44-41-18-15-12-9-6-3)67-61(64)55-52-49-46-43-40-38-35-24-22-20-17-14-11-8-5-2/h7,10,16,19,23,25,27-28,30-31,58H,4-6,8-9,11-15,17-18,20-22,24,26,29,32-57H2,1-3H3/b10-7-,19-16-,25-23-,28-27-,31-30-. The van der Waals surface area contributed by atoms with E-state index < -0.39 is 6.10 Å². The zero-order chi connectivity index (χ0) is 48.6. The number of ether oxygens (including phenoxy) is 3. The molecule has 0 aliphatic heterocycles. The van der Waals surface area contributed by atoms with Crippen molar-refractivity contribution in [3.63, 3.8) is 0 Å². The van der Waals surface area contributed by atoms with Crippen LogP contribution in [0, 0.1) is 0 Å². The molecule has 0 spiro atoms. The maximum Gasteiger partial charge on any atom is 0.306 e. The number of esters is 3.